The molecule has 90 valence electrons. The molecule has 0 atom stereocenters. The van der Waals surface area contributed by atoms with Gasteiger partial charge in [-0.1, -0.05) is 0 Å². The average Bonchev–Trinajstić information content (AvgIpc) is 2.30. The van der Waals surface area contributed by atoms with Crippen LogP contribution in [-0.2, 0) is 4.74 Å². The third kappa shape index (κ3) is 2.70. The molecule has 0 bridgehead atoms. The number of rotatable bonds is 4. The summed E-state index contributed by atoms with van der Waals surface area (Å²) in [5.74, 6) is 8.86. The molecule has 0 aliphatic carbocycles. The topological polar surface area (TPSA) is 32.7 Å². The Morgan fingerprint density at radius 2 is 1.27 bits per heavy atom. The van der Waals surface area contributed by atoms with Gasteiger partial charge >= 0.3 is 118 Å². The van der Waals surface area contributed by atoms with Crippen molar-refractivity contribution >= 4 is 59.8 Å². The van der Waals surface area contributed by atoms with Gasteiger partial charge < -0.3 is 0 Å². The van der Waals surface area contributed by atoms with Crippen molar-refractivity contribution in [2.45, 2.75) is 30.0 Å². The molecule has 1 aliphatic heterocycles. The first-order valence-electron chi connectivity index (χ1n) is 4.38. The zero-order chi connectivity index (χ0) is 11.5. The Kier molecular flexibility index (Phi) is 6.23. The summed E-state index contributed by atoms with van der Waals surface area (Å²) in [7, 11) is 0. The number of hydrogen-bond acceptors (Lipinski definition) is 3. The monoisotopic (exact) mass is 479 g/mol. The molecule has 0 amide bonds. The first-order chi connectivity index (χ1) is 7.10. The van der Waals surface area contributed by atoms with E-state index in [0.29, 0.717) is 59.8 Å². The molecule has 1 fully saturated rings. The number of nitrogens with zero attached hydrogens (tertiary/aromatic N) is 1. The van der Waals surface area contributed by atoms with Gasteiger partial charge in [-0.3, -0.25) is 0 Å². The van der Waals surface area contributed by atoms with Gasteiger partial charge in [-0.15, -0.1) is 0 Å². The molecule has 7 heteroatoms. The SMILES string of the molecule is C[Se]C1([Se]C)COCC([Se]C)([Se]C)N1O. The predicted molar refractivity (Wildman–Crippen MR) is 66.4 cm³/mol. The molecule has 0 radical (unpaired) electrons. The Balaban J connectivity index is 2.95. The third-order valence-electron chi connectivity index (χ3n) is 2.49. The Morgan fingerprint density at radius 1 is 0.933 bits per heavy atom. The van der Waals surface area contributed by atoms with Crippen LogP contribution in [-0.4, -0.2) is 90.0 Å². The van der Waals surface area contributed by atoms with Crippen molar-refractivity contribution in [2.24, 2.45) is 0 Å². The maximum absolute atomic E-state index is 10.5. The van der Waals surface area contributed by atoms with Crippen molar-refractivity contribution < 1.29 is 9.94 Å². The molecule has 3 nitrogen and oxygen atoms in total. The zero-order valence-corrected chi connectivity index (χ0v) is 16.2. The van der Waals surface area contributed by atoms with Crippen LogP contribution in [0.3, 0.4) is 0 Å². The van der Waals surface area contributed by atoms with Crippen molar-refractivity contribution in [2.75, 3.05) is 13.2 Å². The molecule has 0 aromatic heterocycles. The molecule has 1 aliphatic rings. The van der Waals surface area contributed by atoms with Crippen LogP contribution in [0, 0.1) is 0 Å². The molecule has 0 aromatic rings. The second kappa shape index (κ2) is 6.22. The van der Waals surface area contributed by atoms with E-state index in [9.17, 15) is 5.21 Å². The standard InChI is InChI=1S/C8H17NO2Se4/c1-12-7(13-2)5-11-6-8(14-3,15-4)9(7)10/h10H,5-6H2,1-4H3. The summed E-state index contributed by atoms with van der Waals surface area (Å²) >= 11 is 1.66. The normalized spacial score (nSPS) is 25.4. The van der Waals surface area contributed by atoms with Gasteiger partial charge in [0, 0.05) is 0 Å². The molecule has 0 spiro atoms. The second-order valence-corrected chi connectivity index (χ2v) is 14.8. The molecule has 0 aromatic carbocycles. The van der Waals surface area contributed by atoms with Crippen LogP contribution in [0.25, 0.3) is 0 Å². The van der Waals surface area contributed by atoms with Gasteiger partial charge in [0.1, 0.15) is 0 Å². The molecule has 1 saturated heterocycles. The van der Waals surface area contributed by atoms with Gasteiger partial charge in [-0.05, 0) is 0 Å². The fourth-order valence-corrected chi connectivity index (χ4v) is 11.4. The Labute approximate surface area is 117 Å². The predicted octanol–water partition coefficient (Wildman–Crippen LogP) is 0.0246. The van der Waals surface area contributed by atoms with E-state index in [-0.39, 0.29) is 6.67 Å². The van der Waals surface area contributed by atoms with Gasteiger partial charge in [0.2, 0.25) is 0 Å². The van der Waals surface area contributed by atoms with Crippen molar-refractivity contribution in [3.05, 3.63) is 0 Å². The van der Waals surface area contributed by atoms with Crippen molar-refractivity contribution in [3.8, 4) is 0 Å². The maximum atomic E-state index is 10.5. The van der Waals surface area contributed by atoms with E-state index in [1.54, 1.807) is 5.06 Å². The van der Waals surface area contributed by atoms with Gasteiger partial charge in [-0.25, -0.2) is 0 Å². The summed E-state index contributed by atoms with van der Waals surface area (Å²) in [5, 5.41) is 12.3. The summed E-state index contributed by atoms with van der Waals surface area (Å²) in [6.07, 6.45) is 0. The Morgan fingerprint density at radius 3 is 1.53 bits per heavy atom. The minimum absolute atomic E-state index is 0.0201. The van der Waals surface area contributed by atoms with Crippen molar-refractivity contribution in [1.82, 2.24) is 5.06 Å². The zero-order valence-electron chi connectivity index (χ0n) is 9.35. The van der Waals surface area contributed by atoms with Crippen LogP contribution < -0.4 is 0 Å². The molecule has 15 heavy (non-hydrogen) atoms. The van der Waals surface area contributed by atoms with E-state index in [0.717, 1.165) is 13.2 Å². The van der Waals surface area contributed by atoms with E-state index >= 15 is 0 Å². The van der Waals surface area contributed by atoms with Gasteiger partial charge in [-0.2, -0.15) is 0 Å². The number of hydroxylamine groups is 2. The quantitative estimate of drug-likeness (QED) is 0.583. The van der Waals surface area contributed by atoms with Crippen LogP contribution in [0.4, 0.5) is 0 Å². The second-order valence-electron chi connectivity index (χ2n) is 3.05. The van der Waals surface area contributed by atoms with Crippen LogP contribution in [0.15, 0.2) is 0 Å². The first kappa shape index (κ1) is 15.0. The van der Waals surface area contributed by atoms with Gasteiger partial charge in [0.05, 0.1) is 0 Å². The van der Waals surface area contributed by atoms with Crippen LogP contribution in [0.1, 0.15) is 0 Å². The average molecular weight is 475 g/mol. The summed E-state index contributed by atoms with van der Waals surface area (Å²) in [6.45, 7) is 1.45. The van der Waals surface area contributed by atoms with Crippen LogP contribution >= 0.6 is 0 Å². The molecule has 0 saturated carbocycles. The van der Waals surface area contributed by atoms with E-state index in [2.05, 4.69) is 23.3 Å². The van der Waals surface area contributed by atoms with E-state index in [1.165, 1.54) is 0 Å². The van der Waals surface area contributed by atoms with Gasteiger partial charge in [0.15, 0.2) is 0 Å². The van der Waals surface area contributed by atoms with Crippen LogP contribution in [0.2, 0.25) is 23.3 Å². The first-order valence-corrected chi connectivity index (χ1v) is 14.7. The number of ether oxygens (including phenoxy) is 1. The summed E-state index contributed by atoms with van der Waals surface area (Å²) in [4.78, 5) is 0. The summed E-state index contributed by atoms with van der Waals surface area (Å²) in [6, 6.07) is 0. The van der Waals surface area contributed by atoms with E-state index in [4.69, 9.17) is 4.74 Å². The summed E-state index contributed by atoms with van der Waals surface area (Å²) < 4.78 is 5.76. The van der Waals surface area contributed by atoms with E-state index < -0.39 is 0 Å². The molecule has 1 heterocycles. The number of hydrogen-bond donors (Lipinski definition) is 1. The minimum atomic E-state index is -0.0201. The molecule has 0 unspecified atom stereocenters. The Hall–Kier alpha value is 1.96. The van der Waals surface area contributed by atoms with Crippen molar-refractivity contribution in [1.29, 1.82) is 0 Å². The number of morpholine rings is 1. The molecule has 1 N–H and O–H groups in total. The fraction of sp³-hybridized carbons (Fsp3) is 1.00. The molecular weight excluding hydrogens is 458 g/mol. The van der Waals surface area contributed by atoms with Gasteiger partial charge in [0.25, 0.3) is 0 Å². The van der Waals surface area contributed by atoms with E-state index in [1.807, 2.05) is 0 Å². The third-order valence-corrected chi connectivity index (χ3v) is 17.6. The van der Waals surface area contributed by atoms with Crippen molar-refractivity contribution in [3.63, 3.8) is 0 Å². The Bertz CT molecular complexity index is 189. The molecule has 1 rings (SSSR count). The van der Waals surface area contributed by atoms with Crippen LogP contribution in [0.5, 0.6) is 0 Å². The fourth-order valence-electron chi connectivity index (χ4n) is 1.44. The summed E-state index contributed by atoms with van der Waals surface area (Å²) in [5.41, 5.74) is 0. The molecular formula is C8H17NO2Se4.